The number of amides is 1. The second-order valence-corrected chi connectivity index (χ2v) is 6.30. The Bertz CT molecular complexity index is 741. The van der Waals surface area contributed by atoms with Gasteiger partial charge >= 0.3 is 0 Å². The Balaban J connectivity index is 0.00000392. The largest absolute Gasteiger partial charge is 0.357 e. The number of guanidine groups is 1. The van der Waals surface area contributed by atoms with E-state index in [4.69, 9.17) is 0 Å². The Morgan fingerprint density at radius 3 is 2.46 bits per heavy atom. The molecule has 0 spiro atoms. The van der Waals surface area contributed by atoms with E-state index in [0.29, 0.717) is 18.7 Å². The highest BCUT2D eigenvalue weighted by molar-refractivity contribution is 14.0. The zero-order chi connectivity index (χ0) is 19.5. The lowest BCUT2D eigenvalue weighted by Crippen LogP contribution is -2.37. The van der Waals surface area contributed by atoms with Crippen molar-refractivity contribution in [2.45, 2.75) is 39.8 Å². The number of aliphatic imine (C=N–C) groups is 1. The summed E-state index contributed by atoms with van der Waals surface area (Å²) >= 11 is 0. The van der Waals surface area contributed by atoms with E-state index in [9.17, 15) is 4.79 Å². The molecule has 2 rings (SSSR count). The number of carbonyl (C=O) groups is 1. The molecular formula is C20H31IN6O. The van der Waals surface area contributed by atoms with Crippen LogP contribution in [-0.4, -0.2) is 34.7 Å². The molecule has 154 valence electrons. The highest BCUT2D eigenvalue weighted by Gasteiger charge is 2.05. The predicted octanol–water partition coefficient (Wildman–Crippen LogP) is 2.82. The van der Waals surface area contributed by atoms with Gasteiger partial charge < -0.3 is 16.0 Å². The molecular weight excluding hydrogens is 467 g/mol. The van der Waals surface area contributed by atoms with Crippen LogP contribution in [0, 0.1) is 0 Å². The van der Waals surface area contributed by atoms with E-state index >= 15 is 0 Å². The zero-order valence-electron chi connectivity index (χ0n) is 16.9. The number of aryl methyl sites for hydroxylation is 1. The molecule has 1 amide bonds. The van der Waals surface area contributed by atoms with Gasteiger partial charge in [0.1, 0.15) is 0 Å². The Morgan fingerprint density at radius 2 is 1.86 bits per heavy atom. The zero-order valence-corrected chi connectivity index (χ0v) is 19.2. The van der Waals surface area contributed by atoms with Crippen LogP contribution in [0.2, 0.25) is 0 Å². The van der Waals surface area contributed by atoms with Gasteiger partial charge in [0.2, 0.25) is 0 Å². The second kappa shape index (κ2) is 13.1. The summed E-state index contributed by atoms with van der Waals surface area (Å²) in [5, 5.41) is 13.6. The van der Waals surface area contributed by atoms with Crippen LogP contribution in [0.3, 0.4) is 0 Å². The van der Waals surface area contributed by atoms with Gasteiger partial charge in [-0.05, 0) is 37.1 Å². The number of benzene rings is 1. The lowest BCUT2D eigenvalue weighted by atomic mass is 10.1. The summed E-state index contributed by atoms with van der Waals surface area (Å²) in [5.74, 6) is 0.727. The first kappa shape index (κ1) is 23.9. The summed E-state index contributed by atoms with van der Waals surface area (Å²) < 4.78 is 1.83. The van der Waals surface area contributed by atoms with Crippen LogP contribution in [0.5, 0.6) is 0 Å². The van der Waals surface area contributed by atoms with Crippen molar-refractivity contribution >= 4 is 35.8 Å². The van der Waals surface area contributed by atoms with Gasteiger partial charge in [0.15, 0.2) is 5.96 Å². The number of rotatable bonds is 9. The minimum Gasteiger partial charge on any atom is -0.357 e. The maximum Gasteiger partial charge on any atom is 0.251 e. The number of halogens is 1. The van der Waals surface area contributed by atoms with Crippen molar-refractivity contribution in [3.8, 4) is 0 Å². The van der Waals surface area contributed by atoms with Crippen LogP contribution in [0.15, 0.2) is 41.5 Å². The minimum absolute atomic E-state index is 0. The second-order valence-electron chi connectivity index (χ2n) is 6.30. The monoisotopic (exact) mass is 498 g/mol. The molecule has 0 aliphatic heterocycles. The first-order valence-corrected chi connectivity index (χ1v) is 9.50. The molecule has 8 heteroatoms. The summed E-state index contributed by atoms with van der Waals surface area (Å²) in [6.07, 6.45) is 3.85. The quantitative estimate of drug-likeness (QED) is 0.215. The average Bonchev–Trinajstić information content (AvgIpc) is 3.09. The van der Waals surface area contributed by atoms with Gasteiger partial charge in [-0.3, -0.25) is 9.48 Å². The molecule has 1 aromatic heterocycles. The molecule has 28 heavy (non-hydrogen) atoms. The fraction of sp³-hybridized carbons (Fsp3) is 0.450. The van der Waals surface area contributed by atoms with Crippen LogP contribution in [0.1, 0.15) is 48.3 Å². The van der Waals surface area contributed by atoms with E-state index in [2.05, 4.69) is 33.0 Å². The molecule has 3 N–H and O–H groups in total. The van der Waals surface area contributed by atoms with Crippen molar-refractivity contribution in [2.24, 2.45) is 12.0 Å². The SMILES string of the molecule is CCCCNC(=O)c1ccc(CN=C(NCC)NCc2ccnn2C)cc1.I. The van der Waals surface area contributed by atoms with E-state index in [-0.39, 0.29) is 29.9 Å². The third-order valence-electron chi connectivity index (χ3n) is 4.16. The van der Waals surface area contributed by atoms with Gasteiger partial charge in [0.25, 0.3) is 5.91 Å². The van der Waals surface area contributed by atoms with Gasteiger partial charge in [-0.15, -0.1) is 24.0 Å². The lowest BCUT2D eigenvalue weighted by Gasteiger charge is -2.11. The topological polar surface area (TPSA) is 83.3 Å². The molecule has 1 heterocycles. The van der Waals surface area contributed by atoms with Crippen LogP contribution >= 0.6 is 24.0 Å². The number of carbonyl (C=O) groups excluding carboxylic acids is 1. The summed E-state index contributed by atoms with van der Waals surface area (Å²) in [4.78, 5) is 16.7. The Kier molecular flexibility index (Phi) is 11.2. The molecule has 7 nitrogen and oxygen atoms in total. The molecule has 0 saturated carbocycles. The molecule has 0 bridgehead atoms. The Morgan fingerprint density at radius 1 is 1.11 bits per heavy atom. The minimum atomic E-state index is -0.0234. The molecule has 2 aromatic rings. The van der Waals surface area contributed by atoms with Gasteiger partial charge in [-0.1, -0.05) is 25.5 Å². The molecule has 0 radical (unpaired) electrons. The number of hydrogen-bond donors (Lipinski definition) is 3. The lowest BCUT2D eigenvalue weighted by molar-refractivity contribution is 0.0953. The maximum atomic E-state index is 12.0. The van der Waals surface area contributed by atoms with Gasteiger partial charge in [0.05, 0.1) is 18.8 Å². The normalized spacial score (nSPS) is 10.9. The molecule has 0 saturated heterocycles. The number of hydrogen-bond acceptors (Lipinski definition) is 3. The molecule has 0 atom stereocenters. The van der Waals surface area contributed by atoms with Crippen molar-refractivity contribution in [1.29, 1.82) is 0 Å². The van der Waals surface area contributed by atoms with Crippen LogP contribution < -0.4 is 16.0 Å². The highest BCUT2D eigenvalue weighted by Crippen LogP contribution is 2.06. The van der Waals surface area contributed by atoms with E-state index < -0.39 is 0 Å². The number of unbranched alkanes of at least 4 members (excludes halogenated alkanes) is 1. The fourth-order valence-corrected chi connectivity index (χ4v) is 2.50. The average molecular weight is 498 g/mol. The standard InChI is InChI=1S/C20H30N6O.HI/c1-4-6-12-22-19(27)17-9-7-16(8-10-17)14-23-20(21-5-2)24-15-18-11-13-25-26(18)3;/h7-11,13H,4-6,12,14-15H2,1-3H3,(H,22,27)(H2,21,23,24);1H. The van der Waals surface area contributed by atoms with Crippen LogP contribution in [0.4, 0.5) is 0 Å². The van der Waals surface area contributed by atoms with Crippen LogP contribution in [-0.2, 0) is 20.1 Å². The van der Waals surface area contributed by atoms with E-state index in [0.717, 1.165) is 43.1 Å². The first-order chi connectivity index (χ1) is 13.1. The van der Waals surface area contributed by atoms with E-state index in [1.807, 2.05) is 49.0 Å². The molecule has 0 unspecified atom stereocenters. The Labute approximate surface area is 184 Å². The van der Waals surface area contributed by atoms with Gasteiger partial charge in [-0.25, -0.2) is 4.99 Å². The summed E-state index contributed by atoms with van der Waals surface area (Å²) in [7, 11) is 1.92. The van der Waals surface area contributed by atoms with Gasteiger partial charge in [0, 0.05) is 31.9 Å². The number of aromatic nitrogens is 2. The van der Waals surface area contributed by atoms with Crippen molar-refractivity contribution in [3.63, 3.8) is 0 Å². The number of nitrogens with one attached hydrogen (secondary N) is 3. The summed E-state index contributed by atoms with van der Waals surface area (Å²) in [6.45, 7) is 6.84. The predicted molar refractivity (Wildman–Crippen MR) is 124 cm³/mol. The number of nitrogens with zero attached hydrogens (tertiary/aromatic N) is 3. The van der Waals surface area contributed by atoms with Crippen molar-refractivity contribution in [3.05, 3.63) is 53.3 Å². The third-order valence-corrected chi connectivity index (χ3v) is 4.16. The van der Waals surface area contributed by atoms with Crippen LogP contribution in [0.25, 0.3) is 0 Å². The molecule has 0 aliphatic rings. The highest BCUT2D eigenvalue weighted by atomic mass is 127. The van der Waals surface area contributed by atoms with E-state index in [1.165, 1.54) is 0 Å². The Hall–Kier alpha value is -2.10. The van der Waals surface area contributed by atoms with Gasteiger partial charge in [-0.2, -0.15) is 5.10 Å². The molecule has 0 aliphatic carbocycles. The summed E-state index contributed by atoms with van der Waals surface area (Å²) in [5.41, 5.74) is 2.82. The molecule has 1 aromatic carbocycles. The van der Waals surface area contributed by atoms with E-state index in [1.54, 1.807) is 6.20 Å². The van der Waals surface area contributed by atoms with Crippen molar-refractivity contribution < 1.29 is 4.79 Å². The van der Waals surface area contributed by atoms with Crippen molar-refractivity contribution in [2.75, 3.05) is 13.1 Å². The first-order valence-electron chi connectivity index (χ1n) is 9.50. The molecule has 0 fully saturated rings. The van der Waals surface area contributed by atoms with Crippen molar-refractivity contribution in [1.82, 2.24) is 25.7 Å². The summed E-state index contributed by atoms with van der Waals surface area (Å²) in [6, 6.07) is 9.57. The fourth-order valence-electron chi connectivity index (χ4n) is 2.50. The maximum absolute atomic E-state index is 12.0. The smallest absolute Gasteiger partial charge is 0.251 e. The third kappa shape index (κ3) is 7.87.